The van der Waals surface area contributed by atoms with E-state index >= 15 is 0 Å². The first-order valence-electron chi connectivity index (χ1n) is 6.77. The molecule has 19 heavy (non-hydrogen) atoms. The number of rotatable bonds is 6. The molecule has 0 heterocycles. The number of allylic oxidation sites excluding steroid dienone is 1. The molecule has 4 heteroatoms. The van der Waals surface area contributed by atoms with E-state index in [9.17, 15) is 4.39 Å². The summed E-state index contributed by atoms with van der Waals surface area (Å²) in [5.41, 5.74) is 7.70. The van der Waals surface area contributed by atoms with E-state index < -0.39 is 0 Å². The van der Waals surface area contributed by atoms with Crippen LogP contribution in [0, 0.1) is 5.82 Å². The van der Waals surface area contributed by atoms with Gasteiger partial charge < -0.3 is 11.1 Å². The van der Waals surface area contributed by atoms with Gasteiger partial charge >= 0.3 is 0 Å². The van der Waals surface area contributed by atoms with Gasteiger partial charge in [-0.1, -0.05) is 29.3 Å². The second kappa shape index (κ2) is 7.04. The normalized spacial score (nSPS) is 16.5. The Hall–Kier alpha value is -0.900. The van der Waals surface area contributed by atoms with Gasteiger partial charge in [-0.05, 0) is 44.4 Å². The number of nitrogens with two attached hydrogens (primary N) is 1. The summed E-state index contributed by atoms with van der Waals surface area (Å²) in [6.07, 6.45) is 6.94. The maximum absolute atomic E-state index is 13.8. The monoisotopic (exact) mass is 282 g/mol. The lowest BCUT2D eigenvalue weighted by Gasteiger charge is -2.19. The Bertz CT molecular complexity index is 439. The second-order valence-corrected chi connectivity index (χ2v) is 5.29. The number of halogens is 2. The molecule has 0 bridgehead atoms. The molecule has 1 aliphatic carbocycles. The smallest absolute Gasteiger partial charge is 0.129 e. The summed E-state index contributed by atoms with van der Waals surface area (Å²) >= 11 is 6.06. The molecule has 104 valence electrons. The molecule has 1 atom stereocenters. The lowest BCUT2D eigenvalue weighted by Crippen LogP contribution is -2.30. The Labute approximate surface area is 118 Å². The van der Waals surface area contributed by atoms with Gasteiger partial charge in [0.25, 0.3) is 0 Å². The molecule has 1 unspecified atom stereocenters. The van der Waals surface area contributed by atoms with E-state index in [1.54, 1.807) is 12.1 Å². The van der Waals surface area contributed by atoms with E-state index in [2.05, 4.69) is 11.4 Å². The highest BCUT2D eigenvalue weighted by Gasteiger charge is 2.17. The molecule has 0 saturated heterocycles. The van der Waals surface area contributed by atoms with Gasteiger partial charge in [0.15, 0.2) is 0 Å². The zero-order valence-electron chi connectivity index (χ0n) is 11.0. The van der Waals surface area contributed by atoms with Crippen LogP contribution < -0.4 is 11.1 Å². The van der Waals surface area contributed by atoms with Gasteiger partial charge in [0.1, 0.15) is 5.82 Å². The number of hydrogen-bond acceptors (Lipinski definition) is 2. The minimum atomic E-state index is -0.296. The van der Waals surface area contributed by atoms with Gasteiger partial charge in [-0.25, -0.2) is 4.39 Å². The van der Waals surface area contributed by atoms with E-state index in [1.165, 1.54) is 30.9 Å². The van der Waals surface area contributed by atoms with Crippen molar-refractivity contribution in [2.45, 2.75) is 31.7 Å². The molecular formula is C15H20ClFN2. The summed E-state index contributed by atoms with van der Waals surface area (Å²) in [7, 11) is 0. The molecule has 0 saturated carbocycles. The molecule has 2 rings (SSSR count). The Balaban J connectivity index is 1.95. The summed E-state index contributed by atoms with van der Waals surface area (Å²) < 4.78 is 13.8. The minimum absolute atomic E-state index is 0.226. The van der Waals surface area contributed by atoms with Crippen molar-refractivity contribution in [1.29, 1.82) is 0 Å². The van der Waals surface area contributed by atoms with Crippen LogP contribution >= 0.6 is 11.6 Å². The van der Waals surface area contributed by atoms with Crippen molar-refractivity contribution in [3.8, 4) is 0 Å². The Morgan fingerprint density at radius 1 is 1.42 bits per heavy atom. The highest BCUT2D eigenvalue weighted by atomic mass is 35.5. The van der Waals surface area contributed by atoms with E-state index in [-0.39, 0.29) is 11.9 Å². The van der Waals surface area contributed by atoms with E-state index in [1.807, 2.05) is 0 Å². The number of nitrogens with one attached hydrogen (secondary N) is 1. The van der Waals surface area contributed by atoms with Gasteiger partial charge in [0.2, 0.25) is 0 Å². The number of benzene rings is 1. The third-order valence-corrected chi connectivity index (χ3v) is 3.89. The first kappa shape index (κ1) is 14.5. The predicted molar refractivity (Wildman–Crippen MR) is 77.8 cm³/mol. The topological polar surface area (TPSA) is 38.0 Å². The van der Waals surface area contributed by atoms with Gasteiger partial charge in [-0.2, -0.15) is 0 Å². The van der Waals surface area contributed by atoms with Crippen LogP contribution in [0.25, 0.3) is 0 Å². The zero-order chi connectivity index (χ0) is 13.7. The van der Waals surface area contributed by atoms with Gasteiger partial charge in [0, 0.05) is 23.2 Å². The van der Waals surface area contributed by atoms with E-state index in [0.717, 1.165) is 13.0 Å². The van der Waals surface area contributed by atoms with Crippen LogP contribution in [0.1, 0.15) is 37.3 Å². The third kappa shape index (κ3) is 3.78. The lowest BCUT2D eigenvalue weighted by molar-refractivity contribution is 0.507. The van der Waals surface area contributed by atoms with Crippen molar-refractivity contribution in [3.63, 3.8) is 0 Å². The molecule has 2 nitrogen and oxygen atoms in total. The highest BCUT2D eigenvalue weighted by Crippen LogP contribution is 2.26. The van der Waals surface area contributed by atoms with Crippen LogP contribution in [0.5, 0.6) is 0 Å². The van der Waals surface area contributed by atoms with E-state index in [4.69, 9.17) is 17.3 Å². The SMILES string of the molecule is NCC(NCCC1=CCCC1)c1c(F)cccc1Cl. The van der Waals surface area contributed by atoms with Crippen LogP contribution in [0.3, 0.4) is 0 Å². The average molecular weight is 283 g/mol. The second-order valence-electron chi connectivity index (χ2n) is 4.88. The Morgan fingerprint density at radius 2 is 2.26 bits per heavy atom. The lowest BCUT2D eigenvalue weighted by atomic mass is 10.1. The van der Waals surface area contributed by atoms with Crippen LogP contribution in [0.2, 0.25) is 5.02 Å². The largest absolute Gasteiger partial charge is 0.329 e. The zero-order valence-corrected chi connectivity index (χ0v) is 11.7. The average Bonchev–Trinajstić information content (AvgIpc) is 2.89. The quantitative estimate of drug-likeness (QED) is 0.783. The summed E-state index contributed by atoms with van der Waals surface area (Å²) in [5.74, 6) is -0.296. The molecule has 0 spiro atoms. The van der Waals surface area contributed by atoms with Crippen molar-refractivity contribution in [1.82, 2.24) is 5.32 Å². The van der Waals surface area contributed by atoms with Crippen LogP contribution in [-0.2, 0) is 0 Å². The predicted octanol–water partition coefficient (Wildman–Crippen LogP) is 3.57. The standard InChI is InChI=1S/C15H20ClFN2/c16-12-6-3-7-13(17)15(12)14(10-18)19-9-8-11-4-1-2-5-11/h3-4,6-7,14,19H,1-2,5,8-10,18H2. The summed E-state index contributed by atoms with van der Waals surface area (Å²) in [4.78, 5) is 0. The molecule has 3 N–H and O–H groups in total. The maximum Gasteiger partial charge on any atom is 0.129 e. The van der Waals surface area contributed by atoms with Gasteiger partial charge in [-0.15, -0.1) is 0 Å². The van der Waals surface area contributed by atoms with Gasteiger partial charge in [0.05, 0.1) is 0 Å². The summed E-state index contributed by atoms with van der Waals surface area (Å²) in [6, 6.07) is 4.50. The molecule has 1 aromatic carbocycles. The highest BCUT2D eigenvalue weighted by molar-refractivity contribution is 6.31. The van der Waals surface area contributed by atoms with E-state index in [0.29, 0.717) is 17.1 Å². The molecule has 0 radical (unpaired) electrons. The molecule has 1 aromatic rings. The summed E-state index contributed by atoms with van der Waals surface area (Å²) in [5, 5.41) is 3.74. The fourth-order valence-electron chi connectivity index (χ4n) is 2.52. The van der Waals surface area contributed by atoms with Crippen LogP contribution in [-0.4, -0.2) is 13.1 Å². The molecule has 0 aliphatic heterocycles. The Morgan fingerprint density at radius 3 is 2.89 bits per heavy atom. The minimum Gasteiger partial charge on any atom is -0.329 e. The van der Waals surface area contributed by atoms with Crippen molar-refractivity contribution >= 4 is 11.6 Å². The first-order chi connectivity index (χ1) is 9.22. The fraction of sp³-hybridized carbons (Fsp3) is 0.467. The first-order valence-corrected chi connectivity index (χ1v) is 7.15. The van der Waals surface area contributed by atoms with Crippen molar-refractivity contribution < 1.29 is 4.39 Å². The fourth-order valence-corrected chi connectivity index (χ4v) is 2.81. The molecule has 0 fully saturated rings. The molecule has 1 aliphatic rings. The van der Waals surface area contributed by atoms with Gasteiger partial charge in [-0.3, -0.25) is 0 Å². The number of hydrogen-bond donors (Lipinski definition) is 2. The maximum atomic E-state index is 13.8. The van der Waals surface area contributed by atoms with Crippen LogP contribution in [0.4, 0.5) is 4.39 Å². The molecule has 0 amide bonds. The van der Waals surface area contributed by atoms with Crippen LogP contribution in [0.15, 0.2) is 29.8 Å². The Kier molecular flexibility index (Phi) is 5.37. The van der Waals surface area contributed by atoms with Crippen molar-refractivity contribution in [3.05, 3.63) is 46.3 Å². The van der Waals surface area contributed by atoms with Crippen molar-refractivity contribution in [2.24, 2.45) is 5.73 Å². The third-order valence-electron chi connectivity index (χ3n) is 3.56. The summed E-state index contributed by atoms with van der Waals surface area (Å²) in [6.45, 7) is 1.14. The van der Waals surface area contributed by atoms with Crippen molar-refractivity contribution in [2.75, 3.05) is 13.1 Å². The molecular weight excluding hydrogens is 263 g/mol. The molecule has 0 aromatic heterocycles.